The van der Waals surface area contributed by atoms with E-state index in [4.69, 9.17) is 0 Å². The summed E-state index contributed by atoms with van der Waals surface area (Å²) < 4.78 is 2.21. The van der Waals surface area contributed by atoms with Gasteiger partial charge in [0.1, 0.15) is 5.82 Å². The molecule has 1 aromatic carbocycles. The van der Waals surface area contributed by atoms with Crippen LogP contribution in [0.15, 0.2) is 29.4 Å². The van der Waals surface area contributed by atoms with E-state index < -0.39 is 0 Å². The molecule has 2 aliphatic rings. The van der Waals surface area contributed by atoms with Crippen LogP contribution >= 0.6 is 11.8 Å². The summed E-state index contributed by atoms with van der Waals surface area (Å²) in [5.41, 5.74) is 1.62. The molecule has 1 saturated carbocycles. The van der Waals surface area contributed by atoms with Crippen LogP contribution in [0.3, 0.4) is 0 Å². The molecule has 2 aromatic rings. The van der Waals surface area contributed by atoms with Crippen LogP contribution < -0.4 is 10.2 Å². The quantitative estimate of drug-likeness (QED) is 0.726. The van der Waals surface area contributed by atoms with Crippen LogP contribution in [0.25, 0.3) is 0 Å². The maximum Gasteiger partial charge on any atom is 0.234 e. The van der Waals surface area contributed by atoms with Crippen molar-refractivity contribution in [1.82, 2.24) is 14.8 Å². The topological polar surface area (TPSA) is 80.1 Å². The zero-order chi connectivity index (χ0) is 20.2. The Bertz CT molecular complexity index is 874. The van der Waals surface area contributed by atoms with Crippen LogP contribution in [0.5, 0.6) is 0 Å². The van der Waals surface area contributed by atoms with Crippen molar-refractivity contribution in [1.29, 1.82) is 0 Å². The minimum absolute atomic E-state index is 0.0733. The van der Waals surface area contributed by atoms with Gasteiger partial charge in [-0.2, -0.15) is 0 Å². The Morgan fingerprint density at radius 2 is 1.90 bits per heavy atom. The number of amides is 2. The first-order valence-electron chi connectivity index (χ1n) is 10.4. The zero-order valence-corrected chi connectivity index (χ0v) is 17.6. The lowest BCUT2D eigenvalue weighted by Gasteiger charge is -2.24. The second-order valence-electron chi connectivity index (χ2n) is 7.72. The zero-order valence-electron chi connectivity index (χ0n) is 16.8. The van der Waals surface area contributed by atoms with Gasteiger partial charge < -0.3 is 14.8 Å². The lowest BCUT2D eigenvalue weighted by molar-refractivity contribution is -0.117. The van der Waals surface area contributed by atoms with Crippen molar-refractivity contribution >= 4 is 35.0 Å². The Balaban J connectivity index is 1.33. The standard InChI is InChI=1S/C21H27N5O2S/c1-15-23-24-21(26(15)18-6-3-2-4-7-18)29-14-19(27)22-16-9-11-17(12-10-16)25-13-5-8-20(25)28/h9-12,18H,2-8,13-14H2,1H3,(H,22,27). The molecule has 154 valence electrons. The van der Waals surface area contributed by atoms with E-state index in [1.807, 2.05) is 31.2 Å². The Hall–Kier alpha value is -2.35. The molecule has 8 heteroatoms. The Labute approximate surface area is 175 Å². The molecule has 2 heterocycles. The maximum absolute atomic E-state index is 12.4. The summed E-state index contributed by atoms with van der Waals surface area (Å²) in [6.45, 7) is 2.75. The highest BCUT2D eigenvalue weighted by Crippen LogP contribution is 2.32. The van der Waals surface area contributed by atoms with E-state index in [2.05, 4.69) is 20.1 Å². The average molecular weight is 414 g/mol. The third-order valence-corrected chi connectivity index (χ3v) is 6.59. The third-order valence-electron chi connectivity index (χ3n) is 5.64. The highest BCUT2D eigenvalue weighted by atomic mass is 32.2. The van der Waals surface area contributed by atoms with E-state index in [0.29, 0.717) is 12.5 Å². The number of nitrogens with one attached hydrogen (secondary N) is 1. The maximum atomic E-state index is 12.4. The number of hydrogen-bond donors (Lipinski definition) is 1. The Kier molecular flexibility index (Phi) is 6.18. The normalized spacial score (nSPS) is 17.7. The van der Waals surface area contributed by atoms with Gasteiger partial charge in [0.15, 0.2) is 5.16 Å². The first kappa shape index (κ1) is 19.9. The summed E-state index contributed by atoms with van der Waals surface area (Å²) in [7, 11) is 0. The van der Waals surface area contributed by atoms with Gasteiger partial charge in [0, 0.05) is 30.4 Å². The Morgan fingerprint density at radius 1 is 1.14 bits per heavy atom. The van der Waals surface area contributed by atoms with Gasteiger partial charge in [-0.05, 0) is 50.5 Å². The van der Waals surface area contributed by atoms with Crippen LogP contribution in [0, 0.1) is 6.92 Å². The van der Waals surface area contributed by atoms with E-state index in [9.17, 15) is 9.59 Å². The molecule has 4 rings (SSSR count). The molecule has 7 nitrogen and oxygen atoms in total. The predicted octanol–water partition coefficient (Wildman–Crippen LogP) is 3.95. The minimum Gasteiger partial charge on any atom is -0.325 e. The SMILES string of the molecule is Cc1nnc(SCC(=O)Nc2ccc(N3CCCC3=O)cc2)n1C1CCCCC1. The van der Waals surface area contributed by atoms with Gasteiger partial charge in [-0.3, -0.25) is 9.59 Å². The molecular weight excluding hydrogens is 386 g/mol. The summed E-state index contributed by atoms with van der Waals surface area (Å²) in [5.74, 6) is 1.30. The van der Waals surface area contributed by atoms with Crippen molar-refractivity contribution in [2.24, 2.45) is 0 Å². The number of rotatable bonds is 6. The lowest BCUT2D eigenvalue weighted by Crippen LogP contribution is -2.23. The molecule has 1 aliphatic heterocycles. The van der Waals surface area contributed by atoms with Crippen LogP contribution in [0.2, 0.25) is 0 Å². The van der Waals surface area contributed by atoms with Crippen LogP contribution in [-0.2, 0) is 9.59 Å². The fraction of sp³-hybridized carbons (Fsp3) is 0.524. The number of benzene rings is 1. The molecule has 1 aromatic heterocycles. The van der Waals surface area contributed by atoms with E-state index in [-0.39, 0.29) is 17.6 Å². The summed E-state index contributed by atoms with van der Waals surface area (Å²) in [5, 5.41) is 12.3. The average Bonchev–Trinajstić information content (AvgIpc) is 3.33. The first-order chi connectivity index (χ1) is 14.1. The number of aromatic nitrogens is 3. The van der Waals surface area contributed by atoms with Crippen molar-refractivity contribution in [3.63, 3.8) is 0 Å². The van der Waals surface area contributed by atoms with Gasteiger partial charge in [-0.15, -0.1) is 10.2 Å². The number of carbonyl (C=O) groups is 2. The fourth-order valence-electron chi connectivity index (χ4n) is 4.18. The molecule has 0 bridgehead atoms. The smallest absolute Gasteiger partial charge is 0.234 e. The van der Waals surface area contributed by atoms with Crippen molar-refractivity contribution in [2.75, 3.05) is 22.5 Å². The van der Waals surface area contributed by atoms with Gasteiger partial charge in [0.25, 0.3) is 0 Å². The van der Waals surface area contributed by atoms with Gasteiger partial charge in [0.05, 0.1) is 5.75 Å². The number of carbonyl (C=O) groups excluding carboxylic acids is 2. The number of anilines is 2. The molecule has 2 amide bonds. The van der Waals surface area contributed by atoms with Gasteiger partial charge in [-0.25, -0.2) is 0 Å². The Morgan fingerprint density at radius 3 is 2.59 bits per heavy atom. The highest BCUT2D eigenvalue weighted by Gasteiger charge is 2.23. The van der Waals surface area contributed by atoms with Crippen LogP contribution in [0.1, 0.15) is 56.8 Å². The molecule has 0 unspecified atom stereocenters. The van der Waals surface area contributed by atoms with Crippen molar-refractivity contribution in [3.8, 4) is 0 Å². The molecule has 1 aliphatic carbocycles. The molecule has 0 spiro atoms. The lowest BCUT2D eigenvalue weighted by atomic mass is 9.95. The summed E-state index contributed by atoms with van der Waals surface area (Å²) in [6.07, 6.45) is 7.61. The van der Waals surface area contributed by atoms with E-state index in [1.54, 1.807) is 4.90 Å². The summed E-state index contributed by atoms with van der Waals surface area (Å²) in [6, 6.07) is 7.91. The molecule has 0 atom stereocenters. The monoisotopic (exact) mass is 413 g/mol. The van der Waals surface area contributed by atoms with Crippen molar-refractivity contribution < 1.29 is 9.59 Å². The minimum atomic E-state index is -0.0733. The molecule has 29 heavy (non-hydrogen) atoms. The second kappa shape index (κ2) is 8.98. The van der Waals surface area contributed by atoms with E-state index in [0.717, 1.165) is 48.2 Å². The molecule has 1 saturated heterocycles. The summed E-state index contributed by atoms with van der Waals surface area (Å²) >= 11 is 1.44. The number of hydrogen-bond acceptors (Lipinski definition) is 5. The predicted molar refractivity (Wildman–Crippen MR) is 114 cm³/mol. The largest absolute Gasteiger partial charge is 0.325 e. The van der Waals surface area contributed by atoms with Gasteiger partial charge in [0.2, 0.25) is 11.8 Å². The number of aryl methyl sites for hydroxylation is 1. The number of nitrogens with zero attached hydrogens (tertiary/aromatic N) is 4. The summed E-state index contributed by atoms with van der Waals surface area (Å²) in [4.78, 5) is 26.1. The number of thioether (sulfide) groups is 1. The third kappa shape index (κ3) is 4.63. The second-order valence-corrected chi connectivity index (χ2v) is 8.67. The van der Waals surface area contributed by atoms with Gasteiger partial charge in [-0.1, -0.05) is 31.0 Å². The van der Waals surface area contributed by atoms with Crippen LogP contribution in [0.4, 0.5) is 11.4 Å². The molecular formula is C21H27N5O2S. The first-order valence-corrected chi connectivity index (χ1v) is 11.3. The molecule has 1 N–H and O–H groups in total. The van der Waals surface area contributed by atoms with Gasteiger partial charge >= 0.3 is 0 Å². The van der Waals surface area contributed by atoms with E-state index >= 15 is 0 Å². The fourth-order valence-corrected chi connectivity index (χ4v) is 5.03. The van der Waals surface area contributed by atoms with E-state index in [1.165, 1.54) is 31.0 Å². The van der Waals surface area contributed by atoms with Crippen LogP contribution in [-0.4, -0.2) is 38.9 Å². The van der Waals surface area contributed by atoms with Crippen molar-refractivity contribution in [2.45, 2.75) is 63.1 Å². The molecule has 0 radical (unpaired) electrons. The highest BCUT2D eigenvalue weighted by molar-refractivity contribution is 7.99. The molecule has 2 fully saturated rings. The van der Waals surface area contributed by atoms with Crippen molar-refractivity contribution in [3.05, 3.63) is 30.1 Å².